The summed E-state index contributed by atoms with van der Waals surface area (Å²) >= 11 is 0. The van der Waals surface area contributed by atoms with Gasteiger partial charge in [-0.3, -0.25) is 4.79 Å². The molecule has 0 spiro atoms. The molecule has 0 radical (unpaired) electrons. The minimum absolute atomic E-state index is 0.116. The molecule has 5 rings (SSSR count). The van der Waals surface area contributed by atoms with Crippen molar-refractivity contribution >= 4 is 0 Å². The summed E-state index contributed by atoms with van der Waals surface area (Å²) < 4.78 is 30.6. The Kier molecular flexibility index (Phi) is 8.31. The van der Waals surface area contributed by atoms with Crippen molar-refractivity contribution in [2.45, 2.75) is 44.9 Å². The molecule has 0 aliphatic carbocycles. The first-order chi connectivity index (χ1) is 18.3. The van der Waals surface area contributed by atoms with Gasteiger partial charge in [0.2, 0.25) is 11.2 Å². The lowest BCUT2D eigenvalue weighted by molar-refractivity contribution is -0.185. The van der Waals surface area contributed by atoms with Gasteiger partial charge in [0.15, 0.2) is 18.2 Å². The summed E-state index contributed by atoms with van der Waals surface area (Å²) in [6, 6.07) is 28.6. The van der Waals surface area contributed by atoms with E-state index >= 15 is 0 Å². The fourth-order valence-corrected chi connectivity index (χ4v) is 4.28. The molecule has 37 heavy (non-hydrogen) atoms. The summed E-state index contributed by atoms with van der Waals surface area (Å²) in [5, 5.41) is 0. The molecule has 1 fully saturated rings. The van der Waals surface area contributed by atoms with Gasteiger partial charge in [-0.05, 0) is 36.5 Å². The van der Waals surface area contributed by atoms with E-state index in [4.69, 9.17) is 23.4 Å². The van der Waals surface area contributed by atoms with Crippen molar-refractivity contribution in [2.24, 2.45) is 0 Å². The molecule has 1 aromatic heterocycles. The molecular weight excluding hydrogens is 468 g/mol. The highest BCUT2D eigenvalue weighted by molar-refractivity contribution is 5.42. The fraction of sp³-hybridized carbons (Fsp3) is 0.258. The maximum Gasteiger partial charge on any atom is 0.227 e. The monoisotopic (exact) mass is 498 g/mol. The number of benzene rings is 3. The summed E-state index contributed by atoms with van der Waals surface area (Å²) in [6.07, 6.45) is 2.91. The average Bonchev–Trinajstić information content (AvgIpc) is 2.96. The maximum absolute atomic E-state index is 13.0. The summed E-state index contributed by atoms with van der Waals surface area (Å²) in [7, 11) is 0. The Labute approximate surface area is 216 Å². The zero-order valence-corrected chi connectivity index (χ0v) is 20.6. The zero-order valence-electron chi connectivity index (χ0n) is 20.6. The standard InChI is InChI=1S/C31H30O6/c32-26-18-20-34-31(30(26)36-22-24-13-5-2-6-14-24)29(37-28-17-9-10-19-33-28)25-15-7-8-16-27(25)35-21-23-11-3-1-4-12-23/h1-8,11-16,18,20,28-29H,9-10,17,19,21-22H2. The largest absolute Gasteiger partial charge is 0.489 e. The lowest BCUT2D eigenvalue weighted by Gasteiger charge is -2.29. The van der Waals surface area contributed by atoms with E-state index in [1.54, 1.807) is 0 Å². The second kappa shape index (κ2) is 12.4. The Hall–Kier alpha value is -3.87. The van der Waals surface area contributed by atoms with Crippen LogP contribution in [-0.4, -0.2) is 12.9 Å². The van der Waals surface area contributed by atoms with E-state index in [2.05, 4.69) is 0 Å². The summed E-state index contributed by atoms with van der Waals surface area (Å²) in [4.78, 5) is 13.0. The highest BCUT2D eigenvalue weighted by Gasteiger charge is 2.31. The normalized spacial score (nSPS) is 16.2. The smallest absolute Gasteiger partial charge is 0.227 e. The van der Waals surface area contributed by atoms with E-state index in [1.165, 1.54) is 12.3 Å². The van der Waals surface area contributed by atoms with Gasteiger partial charge in [-0.25, -0.2) is 0 Å². The first kappa shape index (κ1) is 24.8. The van der Waals surface area contributed by atoms with E-state index in [-0.39, 0.29) is 23.5 Å². The Bertz CT molecular complexity index is 1310. The minimum Gasteiger partial charge on any atom is -0.489 e. The van der Waals surface area contributed by atoms with Crippen LogP contribution in [0.5, 0.6) is 11.5 Å². The first-order valence-corrected chi connectivity index (χ1v) is 12.6. The van der Waals surface area contributed by atoms with Gasteiger partial charge < -0.3 is 23.4 Å². The van der Waals surface area contributed by atoms with Gasteiger partial charge in [0.25, 0.3) is 0 Å². The van der Waals surface area contributed by atoms with Crippen LogP contribution in [0, 0.1) is 0 Å². The van der Waals surface area contributed by atoms with Crippen LogP contribution in [0.1, 0.15) is 47.8 Å². The molecule has 0 amide bonds. The van der Waals surface area contributed by atoms with Crippen molar-refractivity contribution in [1.29, 1.82) is 0 Å². The highest BCUT2D eigenvalue weighted by atomic mass is 16.7. The Balaban J connectivity index is 1.49. The molecule has 6 heteroatoms. The fourth-order valence-electron chi connectivity index (χ4n) is 4.28. The van der Waals surface area contributed by atoms with Crippen molar-refractivity contribution in [2.75, 3.05) is 6.61 Å². The van der Waals surface area contributed by atoms with Gasteiger partial charge >= 0.3 is 0 Å². The van der Waals surface area contributed by atoms with Crippen LogP contribution in [0.4, 0.5) is 0 Å². The van der Waals surface area contributed by atoms with E-state index < -0.39 is 12.4 Å². The van der Waals surface area contributed by atoms with Crippen LogP contribution in [0.15, 0.2) is 106 Å². The van der Waals surface area contributed by atoms with Crippen molar-refractivity contribution in [3.63, 3.8) is 0 Å². The number of para-hydroxylation sites is 1. The van der Waals surface area contributed by atoms with E-state index in [9.17, 15) is 4.79 Å². The Morgan fingerprint density at radius 2 is 1.46 bits per heavy atom. The van der Waals surface area contributed by atoms with Crippen LogP contribution in [0.3, 0.4) is 0 Å². The molecule has 3 aromatic carbocycles. The van der Waals surface area contributed by atoms with Gasteiger partial charge in [0.1, 0.15) is 19.0 Å². The molecule has 4 aromatic rings. The maximum atomic E-state index is 13.0. The predicted molar refractivity (Wildman–Crippen MR) is 139 cm³/mol. The van der Waals surface area contributed by atoms with Gasteiger partial charge in [-0.15, -0.1) is 0 Å². The van der Waals surface area contributed by atoms with Crippen LogP contribution >= 0.6 is 0 Å². The van der Waals surface area contributed by atoms with Crippen LogP contribution < -0.4 is 14.9 Å². The third kappa shape index (κ3) is 6.47. The molecule has 1 aliphatic rings. The van der Waals surface area contributed by atoms with Gasteiger partial charge in [-0.1, -0.05) is 78.9 Å². The second-order valence-corrected chi connectivity index (χ2v) is 8.88. The Morgan fingerprint density at radius 3 is 2.16 bits per heavy atom. The summed E-state index contributed by atoms with van der Waals surface area (Å²) in [5.41, 5.74) is 2.43. The molecule has 6 nitrogen and oxygen atoms in total. The molecule has 2 atom stereocenters. The highest BCUT2D eigenvalue weighted by Crippen LogP contribution is 2.38. The summed E-state index contributed by atoms with van der Waals surface area (Å²) in [5.74, 6) is 1.03. The number of hydrogen-bond acceptors (Lipinski definition) is 6. The molecule has 0 bridgehead atoms. The topological polar surface area (TPSA) is 67.1 Å². The van der Waals surface area contributed by atoms with Crippen molar-refractivity contribution < 1.29 is 23.4 Å². The molecule has 0 saturated carbocycles. The van der Waals surface area contributed by atoms with Crippen LogP contribution in [-0.2, 0) is 22.7 Å². The SMILES string of the molecule is O=c1ccoc(C(OC2CCCCO2)c2ccccc2OCc2ccccc2)c1OCc1ccccc1. The number of ether oxygens (including phenoxy) is 4. The second-order valence-electron chi connectivity index (χ2n) is 8.88. The van der Waals surface area contributed by atoms with Gasteiger partial charge in [0, 0.05) is 18.2 Å². The number of hydrogen-bond donors (Lipinski definition) is 0. The van der Waals surface area contributed by atoms with Crippen molar-refractivity contribution in [3.05, 3.63) is 130 Å². The molecular formula is C31H30O6. The molecule has 1 saturated heterocycles. The number of rotatable bonds is 10. The summed E-state index contributed by atoms with van der Waals surface area (Å²) in [6.45, 7) is 1.24. The van der Waals surface area contributed by atoms with Crippen LogP contribution in [0.2, 0.25) is 0 Å². The lowest BCUT2D eigenvalue weighted by atomic mass is 10.0. The molecule has 190 valence electrons. The lowest BCUT2D eigenvalue weighted by Crippen LogP contribution is -2.26. The van der Waals surface area contributed by atoms with Crippen molar-refractivity contribution in [3.8, 4) is 11.5 Å². The van der Waals surface area contributed by atoms with Gasteiger partial charge in [0.05, 0.1) is 6.26 Å². The average molecular weight is 499 g/mol. The molecule has 1 aliphatic heterocycles. The first-order valence-electron chi connectivity index (χ1n) is 12.6. The third-order valence-corrected chi connectivity index (χ3v) is 6.19. The zero-order chi connectivity index (χ0) is 25.3. The van der Waals surface area contributed by atoms with E-state index in [0.717, 1.165) is 36.0 Å². The quantitative estimate of drug-likeness (QED) is 0.251. The van der Waals surface area contributed by atoms with E-state index in [1.807, 2.05) is 84.9 Å². The molecule has 2 unspecified atom stereocenters. The van der Waals surface area contributed by atoms with Crippen molar-refractivity contribution in [1.82, 2.24) is 0 Å². The predicted octanol–water partition coefficient (Wildman–Crippen LogP) is 6.43. The minimum atomic E-state index is -0.769. The van der Waals surface area contributed by atoms with E-state index in [0.29, 0.717) is 19.0 Å². The third-order valence-electron chi connectivity index (χ3n) is 6.19. The van der Waals surface area contributed by atoms with Gasteiger partial charge in [-0.2, -0.15) is 0 Å². The molecule has 0 N–H and O–H groups in total. The molecule has 2 heterocycles. The van der Waals surface area contributed by atoms with Crippen LogP contribution in [0.25, 0.3) is 0 Å². The Morgan fingerprint density at radius 1 is 0.784 bits per heavy atom.